The van der Waals surface area contributed by atoms with Crippen LogP contribution in [0.5, 0.6) is 0 Å². The highest BCUT2D eigenvalue weighted by Gasteiger charge is 2.29. The molecular formula is C19H27BrN2. The van der Waals surface area contributed by atoms with E-state index in [1.54, 1.807) is 0 Å². The minimum absolute atomic E-state index is 0.242. The molecular weight excluding hydrogens is 336 g/mol. The van der Waals surface area contributed by atoms with Crippen LogP contribution in [0.1, 0.15) is 43.4 Å². The van der Waals surface area contributed by atoms with Gasteiger partial charge >= 0.3 is 0 Å². The summed E-state index contributed by atoms with van der Waals surface area (Å²) in [5.41, 5.74) is 6.09. The average molecular weight is 363 g/mol. The number of allylic oxidation sites excluding steroid dienone is 1. The molecule has 0 saturated carbocycles. The van der Waals surface area contributed by atoms with E-state index in [2.05, 4.69) is 65.1 Å². The van der Waals surface area contributed by atoms with Crippen molar-refractivity contribution in [2.75, 3.05) is 32.7 Å². The zero-order chi connectivity index (χ0) is 15.7. The molecule has 1 aromatic carbocycles. The molecule has 2 nitrogen and oxygen atoms in total. The van der Waals surface area contributed by atoms with Crippen molar-refractivity contribution in [1.82, 2.24) is 10.2 Å². The first-order valence-electron chi connectivity index (χ1n) is 8.39. The Morgan fingerprint density at radius 1 is 1.23 bits per heavy atom. The molecule has 1 fully saturated rings. The van der Waals surface area contributed by atoms with Crippen LogP contribution in [-0.2, 0) is 5.41 Å². The second-order valence-corrected chi connectivity index (χ2v) is 8.30. The molecule has 0 radical (unpaired) electrons. The fraction of sp³-hybridized carbons (Fsp3) is 0.579. The quantitative estimate of drug-likeness (QED) is 0.852. The lowest BCUT2D eigenvalue weighted by Gasteiger charge is -2.30. The summed E-state index contributed by atoms with van der Waals surface area (Å²) in [7, 11) is 0. The third-order valence-electron chi connectivity index (χ3n) is 5.12. The van der Waals surface area contributed by atoms with Gasteiger partial charge in [0.25, 0.3) is 0 Å². The first-order valence-corrected chi connectivity index (χ1v) is 9.19. The van der Waals surface area contributed by atoms with Gasteiger partial charge in [-0.1, -0.05) is 53.5 Å². The fourth-order valence-corrected chi connectivity index (χ4v) is 4.14. The maximum atomic E-state index is 3.91. The maximum absolute atomic E-state index is 3.91. The van der Waals surface area contributed by atoms with Gasteiger partial charge in [0, 0.05) is 37.2 Å². The standard InChI is InChI=1S/C19H27BrN2/c1-14-4-5-15-16(13-22-10-8-21-9-11-22)18(20)6-7-19(2,3)17(15)12-14/h4-5,12,21H,6-11,13H2,1-3H3. The number of benzene rings is 1. The van der Waals surface area contributed by atoms with Gasteiger partial charge in [-0.3, -0.25) is 4.90 Å². The van der Waals surface area contributed by atoms with Gasteiger partial charge in [0.15, 0.2) is 0 Å². The van der Waals surface area contributed by atoms with Crippen molar-refractivity contribution < 1.29 is 0 Å². The van der Waals surface area contributed by atoms with Gasteiger partial charge in [-0.2, -0.15) is 0 Å². The summed E-state index contributed by atoms with van der Waals surface area (Å²) in [4.78, 5) is 2.58. The van der Waals surface area contributed by atoms with E-state index in [0.717, 1.165) is 39.1 Å². The van der Waals surface area contributed by atoms with Crippen LogP contribution in [0.15, 0.2) is 22.7 Å². The number of hydrogen-bond acceptors (Lipinski definition) is 2. The third-order valence-corrected chi connectivity index (χ3v) is 5.99. The number of aryl methyl sites for hydroxylation is 1. The van der Waals surface area contributed by atoms with Crippen LogP contribution in [0.2, 0.25) is 0 Å². The van der Waals surface area contributed by atoms with E-state index in [9.17, 15) is 0 Å². The summed E-state index contributed by atoms with van der Waals surface area (Å²) in [6.45, 7) is 12.6. The molecule has 1 saturated heterocycles. The van der Waals surface area contributed by atoms with Crippen molar-refractivity contribution in [1.29, 1.82) is 0 Å². The Kier molecular flexibility index (Phi) is 4.77. The Morgan fingerprint density at radius 3 is 2.68 bits per heavy atom. The number of piperazine rings is 1. The number of hydrogen-bond donors (Lipinski definition) is 1. The normalized spacial score (nSPS) is 22.4. The van der Waals surface area contributed by atoms with Crippen LogP contribution < -0.4 is 5.32 Å². The highest BCUT2D eigenvalue weighted by atomic mass is 79.9. The maximum Gasteiger partial charge on any atom is 0.0248 e. The van der Waals surface area contributed by atoms with E-state index in [-0.39, 0.29) is 5.41 Å². The molecule has 0 spiro atoms. The van der Waals surface area contributed by atoms with Crippen molar-refractivity contribution in [3.63, 3.8) is 0 Å². The van der Waals surface area contributed by atoms with Crippen LogP contribution in [0, 0.1) is 6.92 Å². The molecule has 0 unspecified atom stereocenters. The molecule has 1 N–H and O–H groups in total. The second kappa shape index (κ2) is 6.46. The monoisotopic (exact) mass is 362 g/mol. The molecule has 0 atom stereocenters. The summed E-state index contributed by atoms with van der Waals surface area (Å²) >= 11 is 3.91. The highest BCUT2D eigenvalue weighted by molar-refractivity contribution is 9.11. The fourth-order valence-electron chi connectivity index (χ4n) is 3.60. The van der Waals surface area contributed by atoms with Gasteiger partial charge < -0.3 is 5.32 Å². The lowest BCUT2D eigenvalue weighted by molar-refractivity contribution is 0.268. The largest absolute Gasteiger partial charge is 0.314 e. The number of halogens is 1. The Balaban J connectivity index is 1.99. The van der Waals surface area contributed by atoms with Gasteiger partial charge in [0.1, 0.15) is 0 Å². The SMILES string of the molecule is Cc1ccc2c(c1)C(C)(C)CCC(Br)=C2CN1CCNCC1. The van der Waals surface area contributed by atoms with Crippen molar-refractivity contribution in [2.24, 2.45) is 0 Å². The molecule has 0 bridgehead atoms. The molecule has 0 aromatic heterocycles. The van der Waals surface area contributed by atoms with Gasteiger partial charge in [-0.25, -0.2) is 0 Å². The van der Waals surface area contributed by atoms with Crippen molar-refractivity contribution in [3.05, 3.63) is 39.4 Å². The predicted octanol–water partition coefficient (Wildman–Crippen LogP) is 4.08. The Hall–Kier alpha value is -0.640. The molecule has 22 heavy (non-hydrogen) atoms. The van der Waals surface area contributed by atoms with Crippen LogP contribution in [-0.4, -0.2) is 37.6 Å². The molecule has 1 aromatic rings. The molecule has 1 aliphatic carbocycles. The number of rotatable bonds is 2. The Bertz CT molecular complexity index is 583. The Morgan fingerprint density at radius 2 is 1.95 bits per heavy atom. The summed E-state index contributed by atoms with van der Waals surface area (Å²) in [5, 5.41) is 3.45. The van der Waals surface area contributed by atoms with Crippen LogP contribution in [0.25, 0.3) is 5.57 Å². The van der Waals surface area contributed by atoms with E-state index in [0.29, 0.717) is 0 Å². The second-order valence-electron chi connectivity index (χ2n) is 7.34. The summed E-state index contributed by atoms with van der Waals surface area (Å²) in [5.74, 6) is 0. The first-order chi connectivity index (χ1) is 10.5. The number of nitrogens with one attached hydrogen (secondary N) is 1. The van der Waals surface area contributed by atoms with Crippen LogP contribution >= 0.6 is 15.9 Å². The van der Waals surface area contributed by atoms with Gasteiger partial charge in [0.2, 0.25) is 0 Å². The number of nitrogens with zero attached hydrogens (tertiary/aromatic N) is 1. The molecule has 3 heteroatoms. The number of fused-ring (bicyclic) bond motifs is 1. The van der Waals surface area contributed by atoms with Gasteiger partial charge in [-0.05, 0) is 41.9 Å². The van der Waals surface area contributed by atoms with Crippen molar-refractivity contribution >= 4 is 21.5 Å². The van der Waals surface area contributed by atoms with Crippen LogP contribution in [0.3, 0.4) is 0 Å². The summed E-state index contributed by atoms with van der Waals surface area (Å²) < 4.78 is 1.40. The third kappa shape index (κ3) is 3.32. The van der Waals surface area contributed by atoms with Crippen LogP contribution in [0.4, 0.5) is 0 Å². The minimum atomic E-state index is 0.242. The zero-order valence-electron chi connectivity index (χ0n) is 14.0. The Labute approximate surface area is 143 Å². The predicted molar refractivity (Wildman–Crippen MR) is 98.6 cm³/mol. The van der Waals surface area contributed by atoms with Crippen molar-refractivity contribution in [2.45, 2.75) is 39.0 Å². The van der Waals surface area contributed by atoms with E-state index in [4.69, 9.17) is 0 Å². The smallest absolute Gasteiger partial charge is 0.0248 e. The van der Waals surface area contributed by atoms with Gasteiger partial charge in [-0.15, -0.1) is 0 Å². The van der Waals surface area contributed by atoms with Gasteiger partial charge in [0.05, 0.1) is 0 Å². The molecule has 2 aliphatic rings. The van der Waals surface area contributed by atoms with E-state index >= 15 is 0 Å². The average Bonchev–Trinajstić information content (AvgIpc) is 2.59. The van der Waals surface area contributed by atoms with E-state index in [1.807, 2.05) is 0 Å². The zero-order valence-corrected chi connectivity index (χ0v) is 15.6. The molecule has 0 amide bonds. The summed E-state index contributed by atoms with van der Waals surface area (Å²) in [6.07, 6.45) is 2.34. The van der Waals surface area contributed by atoms with E-state index in [1.165, 1.54) is 33.2 Å². The molecule has 1 heterocycles. The summed E-state index contributed by atoms with van der Waals surface area (Å²) in [6, 6.07) is 7.01. The lowest BCUT2D eigenvalue weighted by atomic mass is 9.78. The topological polar surface area (TPSA) is 15.3 Å². The molecule has 1 aliphatic heterocycles. The van der Waals surface area contributed by atoms with E-state index < -0.39 is 0 Å². The first kappa shape index (κ1) is 16.2. The highest BCUT2D eigenvalue weighted by Crippen LogP contribution is 2.42. The molecule has 3 rings (SSSR count). The van der Waals surface area contributed by atoms with Crippen molar-refractivity contribution in [3.8, 4) is 0 Å². The lowest BCUT2D eigenvalue weighted by Crippen LogP contribution is -2.44. The minimum Gasteiger partial charge on any atom is -0.314 e. The molecule has 120 valence electrons.